The number of Topliss-reactive ketones (excluding diaryl/α,β-unsaturated/α-hetero) is 1. The Hall–Kier alpha value is -2.11. The van der Waals surface area contributed by atoms with Crippen LogP contribution < -0.4 is 15.4 Å². The van der Waals surface area contributed by atoms with Crippen LogP contribution in [0.1, 0.15) is 42.6 Å². The van der Waals surface area contributed by atoms with Gasteiger partial charge in [-0.1, -0.05) is 11.6 Å². The summed E-state index contributed by atoms with van der Waals surface area (Å²) in [6.45, 7) is 2.58. The third-order valence-corrected chi connectivity index (χ3v) is 11.4. The van der Waals surface area contributed by atoms with E-state index in [0.717, 1.165) is 6.92 Å². The quantitative estimate of drug-likeness (QED) is 0.234. The van der Waals surface area contributed by atoms with E-state index in [2.05, 4.69) is 0 Å². The third kappa shape index (κ3) is 4.97. The van der Waals surface area contributed by atoms with Gasteiger partial charge in [0, 0.05) is 29.1 Å². The zero-order valence-corrected chi connectivity index (χ0v) is 23.3. The number of ether oxygens (including phenoxy) is 1. The molecular formula is C23H29ClN2O10P2. The number of hydrogen-bond donors (Lipinski definition) is 6. The molecule has 15 heteroatoms. The van der Waals surface area contributed by atoms with Gasteiger partial charge >= 0.3 is 15.2 Å². The highest BCUT2D eigenvalue weighted by Gasteiger charge is 2.63. The van der Waals surface area contributed by atoms with E-state index in [1.807, 2.05) is 0 Å². The Morgan fingerprint density at radius 2 is 1.63 bits per heavy atom. The normalized spacial score (nSPS) is 19.6. The first-order valence-electron chi connectivity index (χ1n) is 11.2. The second-order valence-electron chi connectivity index (χ2n) is 9.48. The summed E-state index contributed by atoms with van der Waals surface area (Å²) in [6.07, 6.45) is -2.06. The Morgan fingerprint density at radius 3 is 2.11 bits per heavy atom. The molecule has 12 nitrogen and oxygen atoms in total. The second-order valence-corrected chi connectivity index (χ2v) is 13.9. The minimum Gasteiger partial charge on any atom is -0.497 e. The number of benzene rings is 2. The molecule has 2 atom stereocenters. The largest absolute Gasteiger partial charge is 0.497 e. The second kappa shape index (κ2) is 10.1. The number of nitrogens with zero attached hydrogens (tertiary/aromatic N) is 1. The van der Waals surface area contributed by atoms with Gasteiger partial charge in [0.25, 0.3) is 11.0 Å². The van der Waals surface area contributed by atoms with Crippen molar-refractivity contribution in [3.05, 3.63) is 58.6 Å². The number of aliphatic hydroxyl groups is 1. The fourth-order valence-corrected chi connectivity index (χ4v) is 7.12. The summed E-state index contributed by atoms with van der Waals surface area (Å²) in [4.78, 5) is 66.7. The van der Waals surface area contributed by atoms with Gasteiger partial charge in [-0.25, -0.2) is 0 Å². The van der Waals surface area contributed by atoms with Gasteiger partial charge < -0.3 is 35.2 Å². The SMILES string of the molecule is COc1ccc2c(c1)CC(C)(C(N)(CCC(O)(P(=O)(O)O)P(=O)(O)O)C(C)=O)N2C(=O)c1ccc(Cl)cc1. The summed E-state index contributed by atoms with van der Waals surface area (Å²) in [5, 5.41) is 7.06. The highest BCUT2D eigenvalue weighted by atomic mass is 35.5. The molecule has 1 amide bonds. The molecule has 0 spiro atoms. The van der Waals surface area contributed by atoms with Crippen LogP contribution in [0.2, 0.25) is 5.02 Å². The Kier molecular flexibility index (Phi) is 8.11. The van der Waals surface area contributed by atoms with Crippen molar-refractivity contribution >= 4 is 44.2 Å². The molecule has 1 heterocycles. The van der Waals surface area contributed by atoms with Gasteiger partial charge in [-0.3, -0.25) is 23.6 Å². The first-order valence-corrected chi connectivity index (χ1v) is 14.8. The molecule has 2 unspecified atom stereocenters. The van der Waals surface area contributed by atoms with Crippen LogP contribution in [0.3, 0.4) is 0 Å². The lowest BCUT2D eigenvalue weighted by atomic mass is 9.70. The van der Waals surface area contributed by atoms with Crippen molar-refractivity contribution in [1.29, 1.82) is 0 Å². The van der Waals surface area contributed by atoms with Crippen molar-refractivity contribution in [3.8, 4) is 5.75 Å². The van der Waals surface area contributed by atoms with E-state index in [9.17, 15) is 43.4 Å². The maximum Gasteiger partial charge on any atom is 0.369 e. The van der Waals surface area contributed by atoms with E-state index in [1.165, 1.54) is 43.2 Å². The minimum atomic E-state index is -5.82. The molecule has 1 aliphatic heterocycles. The Balaban J connectivity index is 2.19. The van der Waals surface area contributed by atoms with E-state index in [4.69, 9.17) is 22.1 Å². The number of methoxy groups -OCH3 is 1. The minimum absolute atomic E-state index is 0.0286. The summed E-state index contributed by atoms with van der Waals surface area (Å²) in [5.41, 5.74) is 4.02. The van der Waals surface area contributed by atoms with Crippen molar-refractivity contribution in [1.82, 2.24) is 0 Å². The molecule has 0 aromatic heterocycles. The topological polar surface area (TPSA) is 208 Å². The lowest BCUT2D eigenvalue weighted by molar-refractivity contribution is -0.124. The average Bonchev–Trinajstić information content (AvgIpc) is 3.12. The molecule has 1 aliphatic rings. The number of amides is 1. The van der Waals surface area contributed by atoms with E-state index < -0.39 is 55.9 Å². The fourth-order valence-electron chi connectivity index (χ4n) is 4.83. The summed E-state index contributed by atoms with van der Waals surface area (Å²) in [6, 6.07) is 10.8. The zero-order valence-electron chi connectivity index (χ0n) is 20.7. The van der Waals surface area contributed by atoms with Gasteiger partial charge in [0.1, 0.15) is 5.75 Å². The summed E-state index contributed by atoms with van der Waals surface area (Å²) >= 11 is 5.96. The molecule has 38 heavy (non-hydrogen) atoms. The van der Waals surface area contributed by atoms with Gasteiger partial charge in [-0.05, 0) is 68.3 Å². The van der Waals surface area contributed by atoms with Crippen molar-refractivity contribution in [2.45, 2.75) is 49.3 Å². The lowest BCUT2D eigenvalue weighted by Gasteiger charge is -2.48. The first kappa shape index (κ1) is 30.4. The molecule has 208 valence electrons. The number of rotatable bonds is 9. The number of carbonyl (C=O) groups is 2. The zero-order chi connectivity index (χ0) is 28.9. The van der Waals surface area contributed by atoms with Gasteiger partial charge in [0.2, 0.25) is 0 Å². The monoisotopic (exact) mass is 590 g/mol. The van der Waals surface area contributed by atoms with Gasteiger partial charge in [-0.15, -0.1) is 0 Å². The third-order valence-electron chi connectivity index (χ3n) is 7.23. The van der Waals surface area contributed by atoms with Gasteiger partial charge in [-0.2, -0.15) is 0 Å². The van der Waals surface area contributed by atoms with Gasteiger partial charge in [0.15, 0.2) is 5.78 Å². The van der Waals surface area contributed by atoms with E-state index in [1.54, 1.807) is 18.2 Å². The maximum atomic E-state index is 13.9. The molecule has 7 N–H and O–H groups in total. The van der Waals surface area contributed by atoms with Crippen LogP contribution in [-0.4, -0.2) is 59.6 Å². The average molecular weight is 591 g/mol. The highest BCUT2D eigenvalue weighted by molar-refractivity contribution is 7.72. The number of fused-ring (bicyclic) bond motifs is 1. The molecule has 0 bridgehead atoms. The van der Waals surface area contributed by atoms with Gasteiger partial charge in [0.05, 0.1) is 18.2 Å². The van der Waals surface area contributed by atoms with Crippen molar-refractivity contribution < 1.29 is 48.1 Å². The Morgan fingerprint density at radius 1 is 1.08 bits per heavy atom. The molecule has 0 fully saturated rings. The molecule has 3 rings (SSSR count). The first-order chi connectivity index (χ1) is 17.3. The molecule has 0 aliphatic carbocycles. The molecule has 0 radical (unpaired) electrons. The Bertz CT molecular complexity index is 1340. The number of hydrogen-bond acceptors (Lipinski definition) is 7. The molecule has 0 saturated heterocycles. The number of halogens is 1. The molecule has 2 aromatic rings. The van der Waals surface area contributed by atoms with Crippen molar-refractivity contribution in [2.24, 2.45) is 5.73 Å². The van der Waals surface area contributed by atoms with E-state index in [-0.39, 0.29) is 12.0 Å². The van der Waals surface area contributed by atoms with Crippen LogP contribution in [-0.2, 0) is 20.3 Å². The smallest absolute Gasteiger partial charge is 0.369 e. The van der Waals surface area contributed by atoms with Crippen LogP contribution in [0.15, 0.2) is 42.5 Å². The van der Waals surface area contributed by atoms with Crippen LogP contribution in [0.5, 0.6) is 5.75 Å². The van der Waals surface area contributed by atoms with Crippen molar-refractivity contribution in [3.63, 3.8) is 0 Å². The standard InChI is InChI=1S/C23H29ClN2O10P2/c1-14(27)22(25,10-11-23(29,37(30,31)32)38(33,34)35)21(2)13-16-12-18(36-3)8-9-19(16)26(21)20(28)15-4-6-17(24)7-5-15/h4-9,12,29H,10-11,13,25H2,1-3H3,(H2,30,31,32)(H2,33,34,35). The molecule has 0 saturated carbocycles. The maximum absolute atomic E-state index is 13.9. The lowest BCUT2D eigenvalue weighted by Crippen LogP contribution is -2.71. The number of carbonyl (C=O) groups excluding carboxylic acids is 2. The van der Waals surface area contributed by atoms with Crippen LogP contribution in [0.4, 0.5) is 5.69 Å². The molecular weight excluding hydrogens is 562 g/mol. The van der Waals surface area contributed by atoms with E-state index in [0.29, 0.717) is 22.0 Å². The number of ketones is 1. The van der Waals surface area contributed by atoms with Crippen LogP contribution in [0.25, 0.3) is 0 Å². The van der Waals surface area contributed by atoms with E-state index >= 15 is 0 Å². The predicted octanol–water partition coefficient (Wildman–Crippen LogP) is 2.38. The Labute approximate surface area is 223 Å². The highest BCUT2D eigenvalue weighted by Crippen LogP contribution is 2.69. The summed E-state index contributed by atoms with van der Waals surface area (Å²) in [5.74, 6) is -0.869. The van der Waals surface area contributed by atoms with Crippen LogP contribution >= 0.6 is 26.8 Å². The summed E-state index contributed by atoms with van der Waals surface area (Å²) < 4.78 is 29.2. The predicted molar refractivity (Wildman–Crippen MR) is 139 cm³/mol. The number of anilines is 1. The molecule has 2 aromatic carbocycles. The summed E-state index contributed by atoms with van der Waals surface area (Å²) in [7, 11) is -10.2. The fraction of sp³-hybridized carbons (Fsp3) is 0.391. The van der Waals surface area contributed by atoms with Crippen molar-refractivity contribution in [2.75, 3.05) is 12.0 Å². The van der Waals surface area contributed by atoms with Crippen LogP contribution in [0, 0.1) is 0 Å². The number of nitrogens with two attached hydrogens (primary N) is 1.